The van der Waals surface area contributed by atoms with E-state index < -0.39 is 0 Å². The van der Waals surface area contributed by atoms with E-state index in [4.69, 9.17) is 0 Å². The van der Waals surface area contributed by atoms with Crippen LogP contribution in [0.25, 0.3) is 0 Å². The molecule has 0 N–H and O–H groups in total. The highest BCUT2D eigenvalue weighted by Gasteiger charge is 2.38. The highest BCUT2D eigenvalue weighted by Crippen LogP contribution is 2.62. The standard InChI is InChI=1S/C14H18S4/c1-2-6-10-9(5-1)15-13(16-10)14-17-11-7-3-4-8-12(11)18-14/h13-14H,1-8H2. The zero-order valence-corrected chi connectivity index (χ0v) is 13.7. The summed E-state index contributed by atoms with van der Waals surface area (Å²) in [5.74, 6) is 0. The van der Waals surface area contributed by atoms with Gasteiger partial charge in [0.2, 0.25) is 0 Å². The molecular formula is C14H18S4. The lowest BCUT2D eigenvalue weighted by atomic mass is 10.1. The largest absolute Gasteiger partial charge is 0.113 e. The van der Waals surface area contributed by atoms with Crippen LogP contribution in [0.1, 0.15) is 51.4 Å². The van der Waals surface area contributed by atoms with Crippen LogP contribution in [0.3, 0.4) is 0 Å². The number of hydrogen-bond acceptors (Lipinski definition) is 4. The molecule has 4 heteroatoms. The molecule has 98 valence electrons. The molecule has 18 heavy (non-hydrogen) atoms. The van der Waals surface area contributed by atoms with Gasteiger partial charge in [0.1, 0.15) is 0 Å². The van der Waals surface area contributed by atoms with Crippen molar-refractivity contribution in [1.82, 2.24) is 0 Å². The number of allylic oxidation sites excluding steroid dienone is 4. The van der Waals surface area contributed by atoms with Gasteiger partial charge in [0.15, 0.2) is 0 Å². The molecule has 4 rings (SSSR count). The summed E-state index contributed by atoms with van der Waals surface area (Å²) in [5.41, 5.74) is 0. The second kappa shape index (κ2) is 5.34. The number of thioether (sulfide) groups is 4. The summed E-state index contributed by atoms with van der Waals surface area (Å²) in [6.45, 7) is 0. The van der Waals surface area contributed by atoms with E-state index in [2.05, 4.69) is 47.0 Å². The summed E-state index contributed by atoms with van der Waals surface area (Å²) < 4.78 is 1.60. The maximum absolute atomic E-state index is 2.21. The Hall–Kier alpha value is 0.880. The van der Waals surface area contributed by atoms with E-state index in [1.165, 1.54) is 51.4 Å². The predicted octanol–water partition coefficient (Wildman–Crippen LogP) is 6.17. The van der Waals surface area contributed by atoms with Crippen LogP contribution in [0.2, 0.25) is 0 Å². The van der Waals surface area contributed by atoms with Gasteiger partial charge in [0.25, 0.3) is 0 Å². The first-order chi connectivity index (χ1) is 8.90. The SMILES string of the molecule is C1CCC2=C(C1)SC(C1SC3=C(CCCC3)S1)S2. The number of rotatable bonds is 1. The van der Waals surface area contributed by atoms with Gasteiger partial charge in [-0.15, -0.1) is 47.0 Å². The zero-order chi connectivity index (χ0) is 11.9. The lowest BCUT2D eigenvalue weighted by molar-refractivity contribution is 0.718. The van der Waals surface area contributed by atoms with E-state index in [9.17, 15) is 0 Å². The molecule has 0 saturated heterocycles. The Labute approximate surface area is 127 Å². The Bertz CT molecular complexity index is 348. The molecule has 4 aliphatic rings. The topological polar surface area (TPSA) is 0 Å². The van der Waals surface area contributed by atoms with Gasteiger partial charge in [-0.3, -0.25) is 0 Å². The minimum Gasteiger partial charge on any atom is -0.113 e. The molecule has 0 aromatic heterocycles. The Morgan fingerprint density at radius 2 is 0.778 bits per heavy atom. The summed E-state index contributed by atoms with van der Waals surface area (Å²) in [6.07, 6.45) is 11.2. The molecule has 0 aromatic carbocycles. The lowest BCUT2D eigenvalue weighted by Crippen LogP contribution is -2.07. The molecule has 0 radical (unpaired) electrons. The second-order valence-electron chi connectivity index (χ2n) is 5.32. The van der Waals surface area contributed by atoms with Gasteiger partial charge in [0, 0.05) is 0 Å². The highest BCUT2D eigenvalue weighted by atomic mass is 32.2. The van der Waals surface area contributed by atoms with Crippen LogP contribution >= 0.6 is 47.0 Å². The predicted molar refractivity (Wildman–Crippen MR) is 88.9 cm³/mol. The fraction of sp³-hybridized carbons (Fsp3) is 0.714. The molecule has 0 amide bonds. The Kier molecular flexibility index (Phi) is 3.74. The van der Waals surface area contributed by atoms with Crippen molar-refractivity contribution in [3.05, 3.63) is 19.6 Å². The van der Waals surface area contributed by atoms with E-state index in [1.54, 1.807) is 19.6 Å². The fourth-order valence-electron chi connectivity index (χ4n) is 3.03. The molecule has 0 aromatic rings. The van der Waals surface area contributed by atoms with Crippen molar-refractivity contribution in [3.63, 3.8) is 0 Å². The summed E-state index contributed by atoms with van der Waals surface area (Å²) in [7, 11) is 0. The van der Waals surface area contributed by atoms with Crippen molar-refractivity contribution in [2.24, 2.45) is 0 Å². The first-order valence-corrected chi connectivity index (χ1v) is 10.5. The van der Waals surface area contributed by atoms with Crippen molar-refractivity contribution in [1.29, 1.82) is 0 Å². The summed E-state index contributed by atoms with van der Waals surface area (Å²) in [6, 6.07) is 0. The number of hydrogen-bond donors (Lipinski definition) is 0. The van der Waals surface area contributed by atoms with Crippen molar-refractivity contribution >= 4 is 47.0 Å². The third-order valence-electron chi connectivity index (χ3n) is 3.99. The second-order valence-corrected chi connectivity index (χ2v) is 10.9. The molecule has 2 aliphatic carbocycles. The van der Waals surface area contributed by atoms with Crippen LogP contribution in [0.4, 0.5) is 0 Å². The molecule has 0 nitrogen and oxygen atoms in total. The third kappa shape index (κ3) is 2.32. The van der Waals surface area contributed by atoms with E-state index in [0.717, 1.165) is 9.16 Å². The maximum Gasteiger partial charge on any atom is 0.0807 e. The van der Waals surface area contributed by atoms with Crippen molar-refractivity contribution in [2.75, 3.05) is 0 Å². The molecule has 2 aliphatic heterocycles. The van der Waals surface area contributed by atoms with E-state index >= 15 is 0 Å². The van der Waals surface area contributed by atoms with Crippen LogP contribution in [0, 0.1) is 0 Å². The van der Waals surface area contributed by atoms with Crippen LogP contribution < -0.4 is 0 Å². The normalized spacial score (nSPS) is 30.0. The molecule has 0 unspecified atom stereocenters. The van der Waals surface area contributed by atoms with Crippen LogP contribution in [-0.2, 0) is 0 Å². The third-order valence-corrected chi connectivity index (χ3v) is 11.1. The molecule has 0 saturated carbocycles. The smallest absolute Gasteiger partial charge is 0.0807 e. The monoisotopic (exact) mass is 314 g/mol. The first-order valence-electron chi connectivity index (χ1n) is 7.01. The van der Waals surface area contributed by atoms with Crippen LogP contribution in [0.15, 0.2) is 19.6 Å². The van der Waals surface area contributed by atoms with E-state index in [1.807, 2.05) is 0 Å². The van der Waals surface area contributed by atoms with Crippen molar-refractivity contribution < 1.29 is 0 Å². The van der Waals surface area contributed by atoms with Gasteiger partial charge in [-0.2, -0.15) is 0 Å². The first kappa shape index (κ1) is 12.6. The van der Waals surface area contributed by atoms with Gasteiger partial charge in [-0.05, 0) is 71.0 Å². The zero-order valence-electron chi connectivity index (χ0n) is 10.4. The Morgan fingerprint density at radius 1 is 0.500 bits per heavy atom. The van der Waals surface area contributed by atoms with Crippen molar-refractivity contribution in [3.8, 4) is 0 Å². The molecule has 0 spiro atoms. The van der Waals surface area contributed by atoms with Gasteiger partial charge >= 0.3 is 0 Å². The molecule has 2 heterocycles. The quantitative estimate of drug-likeness (QED) is 0.567. The molecule has 0 fully saturated rings. The molecular weight excluding hydrogens is 296 g/mol. The maximum atomic E-state index is 2.21. The van der Waals surface area contributed by atoms with E-state index in [-0.39, 0.29) is 0 Å². The average molecular weight is 315 g/mol. The van der Waals surface area contributed by atoms with Crippen LogP contribution in [0.5, 0.6) is 0 Å². The summed E-state index contributed by atoms with van der Waals surface area (Å²) >= 11 is 8.85. The summed E-state index contributed by atoms with van der Waals surface area (Å²) in [5, 5.41) is 0. The minimum absolute atomic E-state index is 0.800. The van der Waals surface area contributed by atoms with E-state index in [0.29, 0.717) is 0 Å². The molecule has 0 bridgehead atoms. The van der Waals surface area contributed by atoms with Gasteiger partial charge in [-0.25, -0.2) is 0 Å². The minimum atomic E-state index is 0.800. The van der Waals surface area contributed by atoms with Gasteiger partial charge < -0.3 is 0 Å². The summed E-state index contributed by atoms with van der Waals surface area (Å²) in [4.78, 5) is 7.01. The molecule has 0 atom stereocenters. The fourth-order valence-corrected chi connectivity index (χ4v) is 10.3. The van der Waals surface area contributed by atoms with Gasteiger partial charge in [0.05, 0.1) is 9.16 Å². The lowest BCUT2D eigenvalue weighted by Gasteiger charge is -2.16. The van der Waals surface area contributed by atoms with Crippen LogP contribution in [-0.4, -0.2) is 9.16 Å². The Balaban J connectivity index is 1.42. The Morgan fingerprint density at radius 3 is 1.06 bits per heavy atom. The van der Waals surface area contributed by atoms with Crippen molar-refractivity contribution in [2.45, 2.75) is 60.5 Å². The highest BCUT2D eigenvalue weighted by molar-refractivity contribution is 8.29. The average Bonchev–Trinajstić information content (AvgIpc) is 3.02. The van der Waals surface area contributed by atoms with Gasteiger partial charge in [-0.1, -0.05) is 0 Å².